The lowest BCUT2D eigenvalue weighted by molar-refractivity contribution is -1.04. The van der Waals surface area contributed by atoms with E-state index >= 15 is 0 Å². The highest BCUT2D eigenvalue weighted by Crippen LogP contribution is 2.78. The second-order valence-corrected chi connectivity index (χ2v) is 12.8. The van der Waals surface area contributed by atoms with Gasteiger partial charge < -0.3 is 19.1 Å². The van der Waals surface area contributed by atoms with Crippen LogP contribution >= 0.6 is 0 Å². The third-order valence-corrected chi connectivity index (χ3v) is 10.6. The zero-order chi connectivity index (χ0) is 40.7. The van der Waals surface area contributed by atoms with Gasteiger partial charge in [-0.15, -0.1) is 0 Å². The van der Waals surface area contributed by atoms with Crippen LogP contribution in [0.3, 0.4) is 0 Å². The van der Waals surface area contributed by atoms with E-state index in [2.05, 4.69) is 0 Å². The summed E-state index contributed by atoms with van der Waals surface area (Å²) in [4.78, 5) is 14.8. The van der Waals surface area contributed by atoms with E-state index in [1.165, 1.54) is 62.5 Å². The molecular formula is C32H48NO4+. The molecule has 5 nitrogen and oxygen atoms in total. The van der Waals surface area contributed by atoms with Gasteiger partial charge in [-0.05, 0) is 91.2 Å². The summed E-state index contributed by atoms with van der Waals surface area (Å²) in [6.45, 7) is 10.3. The number of Topliss-reactive ketones (excluding diaryl/α,β-unsaturated/α-hetero) is 1. The molecule has 2 saturated carbocycles. The van der Waals surface area contributed by atoms with Crippen molar-refractivity contribution in [1.82, 2.24) is 0 Å². The topological polar surface area (TPSA) is 55.8 Å². The van der Waals surface area contributed by atoms with Gasteiger partial charge in [0.25, 0.3) is 0 Å². The van der Waals surface area contributed by atoms with E-state index in [-0.39, 0.29) is 22.6 Å². The minimum absolute atomic E-state index is 0.0216. The second-order valence-electron chi connectivity index (χ2n) is 12.8. The largest absolute Gasteiger partial charge is 0.493 e. The lowest BCUT2D eigenvalue weighted by Gasteiger charge is -2.80. The van der Waals surface area contributed by atoms with Crippen molar-refractivity contribution in [3.05, 3.63) is 22.3 Å². The summed E-state index contributed by atoms with van der Waals surface area (Å²) >= 11 is 0. The first-order valence-electron chi connectivity index (χ1n) is 20.2. The molecule has 1 aromatic rings. The number of quaternary nitrogens is 1. The van der Waals surface area contributed by atoms with Crippen LogP contribution in [0.25, 0.3) is 0 Å². The molecule has 1 N–H and O–H groups in total. The van der Waals surface area contributed by atoms with Crippen molar-refractivity contribution in [3.8, 4) is 11.5 Å². The Morgan fingerprint density at radius 2 is 1.86 bits per heavy atom. The molecule has 204 valence electrons. The smallest absolute Gasteiger partial charge is 0.211 e. The highest BCUT2D eigenvalue weighted by Gasteiger charge is 2.89. The third kappa shape index (κ3) is 2.34. The molecule has 5 heteroatoms. The maximum absolute atomic E-state index is 14.8. The van der Waals surface area contributed by atoms with E-state index in [9.17, 15) is 15.8 Å². The molecule has 6 rings (SSSR count). The Bertz CT molecular complexity index is 1860. The van der Waals surface area contributed by atoms with Gasteiger partial charge >= 0.3 is 0 Å². The minimum atomic E-state index is -3.84. The second kappa shape index (κ2) is 6.94. The summed E-state index contributed by atoms with van der Waals surface area (Å²) in [5.41, 5.74) is -11.8. The highest BCUT2D eigenvalue weighted by molar-refractivity contribution is 5.91. The summed E-state index contributed by atoms with van der Waals surface area (Å²) in [7, 11) is 1.31. The molecule has 1 saturated heterocycles. The third-order valence-electron chi connectivity index (χ3n) is 10.6. The lowest BCUT2D eigenvalue weighted by Crippen LogP contribution is -2.95. The van der Waals surface area contributed by atoms with Gasteiger partial charge in [0.05, 0.1) is 30.5 Å². The molecule has 2 bridgehead atoms. The van der Waals surface area contributed by atoms with Crippen molar-refractivity contribution in [2.24, 2.45) is 11.3 Å². The van der Waals surface area contributed by atoms with Crippen LogP contribution in [-0.2, 0) is 15.6 Å². The molecular weight excluding hydrogens is 462 g/mol. The fourth-order valence-electron chi connectivity index (χ4n) is 8.55. The first-order valence-corrected chi connectivity index (χ1v) is 12.8. The number of aliphatic hydroxyl groups is 1. The van der Waals surface area contributed by atoms with Crippen LogP contribution in [-0.4, -0.2) is 59.7 Å². The van der Waals surface area contributed by atoms with Crippen molar-refractivity contribution in [3.63, 3.8) is 0 Å². The number of hydrogen-bond donors (Lipinski definition) is 1. The Hall–Kier alpha value is -1.59. The average molecular weight is 526 g/mol. The number of ether oxygens (including phenoxy) is 2. The zero-order valence-corrected chi connectivity index (χ0v) is 23.6. The molecule has 1 unspecified atom stereocenters. The zero-order valence-electron chi connectivity index (χ0n) is 38.6. The molecule has 5 atom stereocenters. The molecule has 0 amide bonds. The van der Waals surface area contributed by atoms with E-state index in [0.29, 0.717) is 11.1 Å². The van der Waals surface area contributed by atoms with Crippen LogP contribution < -0.4 is 9.47 Å². The molecule has 0 radical (unpaired) electrons. The Labute approximate surface area is 244 Å². The van der Waals surface area contributed by atoms with Crippen LogP contribution in [0.1, 0.15) is 122 Å². The van der Waals surface area contributed by atoms with Crippen molar-refractivity contribution in [2.45, 2.75) is 135 Å². The molecule has 3 aliphatic carbocycles. The van der Waals surface area contributed by atoms with Gasteiger partial charge in [-0.1, -0.05) is 13.8 Å². The Morgan fingerprint density at radius 1 is 1.22 bits per heavy atom. The number of ketones is 1. The maximum atomic E-state index is 14.8. The van der Waals surface area contributed by atoms with Gasteiger partial charge in [-0.3, -0.25) is 4.79 Å². The molecule has 2 heterocycles. The van der Waals surface area contributed by atoms with E-state index < -0.39 is 93.6 Å². The standard InChI is InChI=1S/C32H48NO4/c1-17(2)33(16-20-12-13-20)27-28(5,6)22-18(3)19(4)24(36-11)25-23(22)32(29(7,8)30(33,9)10)26(37-25)21(34)14-15-31(27,32)35/h17,20,26-27,35H,12-16H2,1-11H3/q+1/t26-,27+,31-,32-,33?/m0/s1/i12D2,13D2,14D2,15D2,16D2,17D,20D,26D,27D,35D. The molecule has 1 spiro atoms. The fraction of sp³-hybridized carbons (Fsp3) is 0.781. The first-order chi connectivity index (χ1) is 22.8. The molecule has 0 aromatic heterocycles. The Balaban J connectivity index is 2.10. The van der Waals surface area contributed by atoms with Crippen LogP contribution in [0, 0.1) is 25.2 Å². The quantitative estimate of drug-likeness (QED) is 0.515. The Kier molecular flexibility index (Phi) is 2.56. The summed E-state index contributed by atoms with van der Waals surface area (Å²) < 4.78 is 153. The van der Waals surface area contributed by atoms with Crippen LogP contribution in [0.15, 0.2) is 0 Å². The van der Waals surface area contributed by atoms with Gasteiger partial charge in [0.15, 0.2) is 23.4 Å². The SMILES string of the molecule is [2H]O[C@]12C([2H])([2H])C([2H])([2H])C(=O)[C@]3([2H])Oc4c(OC)c(C)c(C)c5c4[C@]13C(C)(C)C(C)(C)[N+](C([2H])(C)C)(C([2H])([2H])C1([2H])C([2H])([2H])C1([2H])[2H])[C@]2([2H])C5(C)C. The maximum Gasteiger partial charge on any atom is 0.211 e. The van der Waals surface area contributed by atoms with Crippen molar-refractivity contribution < 1.29 is 43.1 Å². The van der Waals surface area contributed by atoms with Crippen molar-refractivity contribution in [2.75, 3.05) is 13.6 Å². The van der Waals surface area contributed by atoms with E-state index in [0.717, 1.165) is 0 Å². The van der Waals surface area contributed by atoms with Crippen LogP contribution in [0.2, 0.25) is 0 Å². The van der Waals surface area contributed by atoms with E-state index in [1.807, 2.05) is 0 Å². The predicted octanol–water partition coefficient (Wildman–Crippen LogP) is 5.52. The van der Waals surface area contributed by atoms with Gasteiger partial charge in [0.2, 0.25) is 1.43 Å². The summed E-state index contributed by atoms with van der Waals surface area (Å²) in [5.74, 6) is -5.30. The molecule has 37 heavy (non-hydrogen) atoms. The molecule has 2 aliphatic heterocycles. The number of hydrogen-bond acceptors (Lipinski definition) is 4. The minimum Gasteiger partial charge on any atom is -0.493 e. The number of likely N-dealkylation sites (tertiary alicyclic amines) is 1. The lowest BCUT2D eigenvalue weighted by atomic mass is 9.33. The monoisotopic (exact) mass is 525 g/mol. The van der Waals surface area contributed by atoms with E-state index in [1.54, 1.807) is 13.8 Å². The summed E-state index contributed by atoms with van der Waals surface area (Å²) in [6, 6.07) is -5.87. The fourth-order valence-corrected chi connectivity index (χ4v) is 8.55. The van der Waals surface area contributed by atoms with Crippen LogP contribution in [0.5, 0.6) is 11.5 Å². The van der Waals surface area contributed by atoms with Crippen molar-refractivity contribution >= 4 is 5.78 Å². The summed E-state index contributed by atoms with van der Waals surface area (Å²) in [5, 5.41) is 5.70. The highest BCUT2D eigenvalue weighted by atomic mass is 16.5. The van der Waals surface area contributed by atoms with Crippen LogP contribution in [0.4, 0.5) is 0 Å². The van der Waals surface area contributed by atoms with E-state index in [4.69, 9.17) is 24.2 Å². The number of rotatable bonds is 5. The van der Waals surface area contributed by atoms with Gasteiger partial charge in [-0.2, -0.15) is 0 Å². The molecule has 1 aromatic carbocycles. The molecule has 5 aliphatic rings. The Morgan fingerprint density at radius 3 is 2.41 bits per heavy atom. The first kappa shape index (κ1) is 13.7. The average Bonchev–Trinajstić information content (AvgIpc) is 3.15. The number of nitrogens with zero attached hydrogens (tertiary/aromatic N) is 1. The number of carbonyl (C=O) groups is 1. The van der Waals surface area contributed by atoms with Gasteiger partial charge in [0, 0.05) is 41.0 Å². The normalized spacial score (nSPS) is 56.7. The number of benzene rings is 1. The van der Waals surface area contributed by atoms with Gasteiger partial charge in [-0.25, -0.2) is 0 Å². The number of methoxy groups -OCH3 is 1. The number of piperidine rings is 1. The predicted molar refractivity (Wildman–Crippen MR) is 145 cm³/mol. The number of carbonyl (C=O) groups excluding carboxylic acids is 1. The van der Waals surface area contributed by atoms with Crippen molar-refractivity contribution in [1.29, 1.82) is 1.43 Å². The molecule has 3 fully saturated rings. The summed E-state index contributed by atoms with van der Waals surface area (Å²) in [6.07, 6.45) is -17.4. The van der Waals surface area contributed by atoms with Gasteiger partial charge in [0.1, 0.15) is 18.5 Å².